The van der Waals surface area contributed by atoms with Crippen molar-refractivity contribution in [2.75, 3.05) is 31.0 Å². The Kier molecular flexibility index (Phi) is 4.10. The molecule has 18 heavy (non-hydrogen) atoms. The Morgan fingerprint density at radius 1 is 1.33 bits per heavy atom. The van der Waals surface area contributed by atoms with Crippen LogP contribution in [0.5, 0.6) is 5.75 Å². The standard InChI is InChI=1S/C10H13BrN2O4S/c11-9-2-1-8(14)7-10(9)12-18(15,16)13-3-5-17-6-4-13/h1-2,7,12,14H,3-6H2. The monoisotopic (exact) mass is 336 g/mol. The van der Waals surface area contributed by atoms with Crippen LogP contribution in [0.2, 0.25) is 0 Å². The molecule has 6 nitrogen and oxygen atoms in total. The van der Waals surface area contributed by atoms with Gasteiger partial charge in [-0.1, -0.05) is 0 Å². The van der Waals surface area contributed by atoms with Crippen molar-refractivity contribution < 1.29 is 18.3 Å². The number of anilines is 1. The average molecular weight is 337 g/mol. The number of halogens is 1. The van der Waals surface area contributed by atoms with Crippen LogP contribution in [-0.2, 0) is 14.9 Å². The zero-order valence-corrected chi connectivity index (χ0v) is 11.9. The first-order valence-corrected chi connectivity index (χ1v) is 7.56. The summed E-state index contributed by atoms with van der Waals surface area (Å²) in [4.78, 5) is 0. The third-order valence-electron chi connectivity index (χ3n) is 2.50. The van der Waals surface area contributed by atoms with E-state index in [-0.39, 0.29) is 5.75 Å². The lowest BCUT2D eigenvalue weighted by Crippen LogP contribution is -2.43. The Hall–Kier alpha value is -0.830. The van der Waals surface area contributed by atoms with Crippen LogP contribution in [-0.4, -0.2) is 44.1 Å². The molecule has 100 valence electrons. The van der Waals surface area contributed by atoms with E-state index in [0.29, 0.717) is 36.5 Å². The number of morpholine rings is 1. The molecule has 1 aromatic carbocycles. The molecular formula is C10H13BrN2O4S. The van der Waals surface area contributed by atoms with Gasteiger partial charge in [0, 0.05) is 23.6 Å². The van der Waals surface area contributed by atoms with E-state index >= 15 is 0 Å². The number of hydrogen-bond donors (Lipinski definition) is 2. The van der Waals surface area contributed by atoms with Gasteiger partial charge in [-0.05, 0) is 28.1 Å². The molecule has 1 aliphatic rings. The summed E-state index contributed by atoms with van der Waals surface area (Å²) in [6.45, 7) is 1.43. The summed E-state index contributed by atoms with van der Waals surface area (Å²) in [6, 6.07) is 4.39. The van der Waals surface area contributed by atoms with Gasteiger partial charge < -0.3 is 9.84 Å². The lowest BCUT2D eigenvalue weighted by molar-refractivity contribution is 0.0733. The molecule has 0 atom stereocenters. The number of hydrogen-bond acceptors (Lipinski definition) is 4. The van der Waals surface area contributed by atoms with Crippen LogP contribution in [0.25, 0.3) is 0 Å². The van der Waals surface area contributed by atoms with E-state index in [4.69, 9.17) is 4.74 Å². The highest BCUT2D eigenvalue weighted by atomic mass is 79.9. The van der Waals surface area contributed by atoms with Crippen molar-refractivity contribution in [2.45, 2.75) is 0 Å². The lowest BCUT2D eigenvalue weighted by atomic mass is 10.3. The maximum absolute atomic E-state index is 12.1. The van der Waals surface area contributed by atoms with Crippen LogP contribution < -0.4 is 4.72 Å². The van der Waals surface area contributed by atoms with E-state index in [0.717, 1.165) is 0 Å². The predicted octanol–water partition coefficient (Wildman–Crippen LogP) is 1.14. The average Bonchev–Trinajstić information content (AvgIpc) is 2.35. The van der Waals surface area contributed by atoms with E-state index < -0.39 is 10.2 Å². The highest BCUT2D eigenvalue weighted by Gasteiger charge is 2.24. The number of benzene rings is 1. The summed E-state index contributed by atoms with van der Waals surface area (Å²) in [5.74, 6) is -0.00197. The number of phenols is 1. The van der Waals surface area contributed by atoms with E-state index in [9.17, 15) is 13.5 Å². The molecule has 0 spiro atoms. The third-order valence-corrected chi connectivity index (χ3v) is 4.71. The van der Waals surface area contributed by atoms with Crippen molar-refractivity contribution in [3.63, 3.8) is 0 Å². The summed E-state index contributed by atoms with van der Waals surface area (Å²) >= 11 is 3.23. The van der Waals surface area contributed by atoms with Crippen molar-refractivity contribution in [3.8, 4) is 5.75 Å². The zero-order chi connectivity index (χ0) is 13.2. The minimum atomic E-state index is -3.61. The minimum Gasteiger partial charge on any atom is -0.508 e. The summed E-state index contributed by atoms with van der Waals surface area (Å²) < 4.78 is 33.6. The Labute approximate surface area is 114 Å². The van der Waals surface area contributed by atoms with E-state index in [1.807, 2.05) is 0 Å². The van der Waals surface area contributed by atoms with Crippen LogP contribution in [0.3, 0.4) is 0 Å². The molecule has 0 saturated carbocycles. The van der Waals surface area contributed by atoms with Gasteiger partial charge in [0.1, 0.15) is 5.75 Å². The molecule has 0 amide bonds. The Bertz CT molecular complexity index is 529. The highest BCUT2D eigenvalue weighted by Crippen LogP contribution is 2.27. The predicted molar refractivity (Wildman–Crippen MR) is 70.7 cm³/mol. The van der Waals surface area contributed by atoms with Crippen molar-refractivity contribution in [3.05, 3.63) is 22.7 Å². The summed E-state index contributed by atoms with van der Waals surface area (Å²) in [5.41, 5.74) is 0.307. The van der Waals surface area contributed by atoms with Crippen molar-refractivity contribution in [1.29, 1.82) is 0 Å². The van der Waals surface area contributed by atoms with E-state index in [1.165, 1.54) is 16.4 Å². The molecule has 0 aromatic heterocycles. The van der Waals surface area contributed by atoms with Crippen LogP contribution >= 0.6 is 15.9 Å². The van der Waals surface area contributed by atoms with Gasteiger partial charge in [0.25, 0.3) is 0 Å². The summed E-state index contributed by atoms with van der Waals surface area (Å²) in [7, 11) is -3.61. The molecule has 0 radical (unpaired) electrons. The number of rotatable bonds is 3. The number of nitrogens with zero attached hydrogens (tertiary/aromatic N) is 1. The van der Waals surface area contributed by atoms with Crippen molar-refractivity contribution in [1.82, 2.24) is 4.31 Å². The van der Waals surface area contributed by atoms with Gasteiger partial charge in [-0.3, -0.25) is 4.72 Å². The molecule has 2 rings (SSSR count). The molecule has 0 bridgehead atoms. The number of nitrogens with one attached hydrogen (secondary N) is 1. The second-order valence-corrected chi connectivity index (χ2v) is 6.31. The maximum Gasteiger partial charge on any atom is 0.301 e. The maximum atomic E-state index is 12.1. The first-order chi connectivity index (χ1) is 8.49. The Morgan fingerprint density at radius 3 is 2.67 bits per heavy atom. The topological polar surface area (TPSA) is 78.9 Å². The summed E-state index contributed by atoms with van der Waals surface area (Å²) in [5, 5.41) is 9.36. The normalized spacial score (nSPS) is 17.6. The smallest absolute Gasteiger partial charge is 0.301 e. The van der Waals surface area contributed by atoms with E-state index in [1.54, 1.807) is 6.07 Å². The summed E-state index contributed by atoms with van der Waals surface area (Å²) in [6.07, 6.45) is 0. The van der Waals surface area contributed by atoms with Crippen LogP contribution in [0.4, 0.5) is 5.69 Å². The first-order valence-electron chi connectivity index (χ1n) is 5.33. The fourth-order valence-corrected chi connectivity index (χ4v) is 3.26. The molecule has 0 unspecified atom stereocenters. The Balaban J connectivity index is 2.18. The molecule has 1 aromatic rings. The van der Waals surface area contributed by atoms with Crippen molar-refractivity contribution in [2.24, 2.45) is 0 Å². The SMILES string of the molecule is O=S(=O)(Nc1cc(O)ccc1Br)N1CCOCC1. The first kappa shape index (κ1) is 13.6. The molecule has 1 heterocycles. The largest absolute Gasteiger partial charge is 0.508 e. The fourth-order valence-electron chi connectivity index (χ4n) is 1.58. The van der Waals surface area contributed by atoms with Gasteiger partial charge in [0.2, 0.25) is 0 Å². The zero-order valence-electron chi connectivity index (χ0n) is 9.47. The quantitative estimate of drug-likeness (QED) is 0.867. The molecule has 2 N–H and O–H groups in total. The number of ether oxygens (including phenoxy) is 1. The molecule has 1 saturated heterocycles. The second-order valence-electron chi connectivity index (χ2n) is 3.78. The Morgan fingerprint density at radius 2 is 2.00 bits per heavy atom. The van der Waals surface area contributed by atoms with Gasteiger partial charge in [-0.2, -0.15) is 12.7 Å². The van der Waals surface area contributed by atoms with E-state index in [2.05, 4.69) is 20.7 Å². The molecule has 1 aliphatic heterocycles. The van der Waals surface area contributed by atoms with Gasteiger partial charge in [-0.25, -0.2) is 0 Å². The molecule has 0 aliphatic carbocycles. The van der Waals surface area contributed by atoms with Gasteiger partial charge >= 0.3 is 10.2 Å². The van der Waals surface area contributed by atoms with Crippen LogP contribution in [0.1, 0.15) is 0 Å². The van der Waals surface area contributed by atoms with Crippen molar-refractivity contribution >= 4 is 31.8 Å². The molecule has 8 heteroatoms. The second kappa shape index (κ2) is 5.43. The lowest BCUT2D eigenvalue weighted by Gasteiger charge is -2.26. The van der Waals surface area contributed by atoms with Crippen LogP contribution in [0, 0.1) is 0 Å². The van der Waals surface area contributed by atoms with Crippen LogP contribution in [0.15, 0.2) is 22.7 Å². The fraction of sp³-hybridized carbons (Fsp3) is 0.400. The third kappa shape index (κ3) is 3.14. The minimum absolute atomic E-state index is 0.00197. The van der Waals surface area contributed by atoms with Gasteiger partial charge in [0.05, 0.1) is 18.9 Å². The molecular weight excluding hydrogens is 324 g/mol. The number of aromatic hydroxyl groups is 1. The highest BCUT2D eigenvalue weighted by molar-refractivity contribution is 9.10. The molecule has 1 fully saturated rings. The van der Waals surface area contributed by atoms with Gasteiger partial charge in [0.15, 0.2) is 0 Å². The van der Waals surface area contributed by atoms with Gasteiger partial charge in [-0.15, -0.1) is 0 Å². The number of phenolic OH excluding ortho intramolecular Hbond substituents is 1.